The van der Waals surface area contributed by atoms with Crippen LogP contribution in [0.15, 0.2) is 0 Å². The molecule has 8 N–H and O–H groups in total. The highest BCUT2D eigenvalue weighted by Gasteiger charge is 2.29. The van der Waals surface area contributed by atoms with Gasteiger partial charge < -0.3 is 32.5 Å². The summed E-state index contributed by atoms with van der Waals surface area (Å²) in [7, 11) is 0. The number of rotatable bonds is 16. The van der Waals surface area contributed by atoms with Gasteiger partial charge in [0.1, 0.15) is 18.1 Å². The van der Waals surface area contributed by atoms with Gasteiger partial charge in [-0.25, -0.2) is 0 Å². The molecule has 0 rings (SSSR count). The molecule has 0 saturated heterocycles. The van der Waals surface area contributed by atoms with Crippen molar-refractivity contribution in [3.63, 3.8) is 0 Å². The summed E-state index contributed by atoms with van der Waals surface area (Å²) in [5.41, 5.74) is 11.5. The van der Waals surface area contributed by atoms with E-state index in [1.165, 1.54) is 18.7 Å². The van der Waals surface area contributed by atoms with E-state index in [0.29, 0.717) is 38.0 Å². The molecule has 0 aromatic rings. The molecule has 0 aliphatic rings. The summed E-state index contributed by atoms with van der Waals surface area (Å²) in [6.07, 6.45) is 4.56. The Morgan fingerprint density at radius 2 is 1.48 bits per heavy atom. The third-order valence-corrected chi connectivity index (χ3v) is 5.76. The maximum absolute atomic E-state index is 12.9. The van der Waals surface area contributed by atoms with Crippen molar-refractivity contribution < 1.29 is 24.3 Å². The average Bonchev–Trinajstić information content (AvgIpc) is 2.74. The monoisotopic (exact) mass is 461 g/mol. The topological polar surface area (TPSA) is 177 Å². The number of amides is 3. The third-order valence-electron chi connectivity index (χ3n) is 5.11. The van der Waals surface area contributed by atoms with Crippen molar-refractivity contribution in [2.75, 3.05) is 18.6 Å². The Morgan fingerprint density at radius 1 is 0.935 bits per heavy atom. The maximum atomic E-state index is 12.9. The highest BCUT2D eigenvalue weighted by molar-refractivity contribution is 7.98. The van der Waals surface area contributed by atoms with Crippen LogP contribution in [-0.4, -0.2) is 71.5 Å². The molecular weight excluding hydrogens is 422 g/mol. The minimum atomic E-state index is -1.17. The second-order valence-corrected chi connectivity index (χ2v) is 8.65. The van der Waals surface area contributed by atoms with Gasteiger partial charge in [-0.3, -0.25) is 19.2 Å². The Bertz CT molecular complexity index is 592. The van der Waals surface area contributed by atoms with Crippen molar-refractivity contribution in [1.29, 1.82) is 0 Å². The van der Waals surface area contributed by atoms with Gasteiger partial charge in [0.15, 0.2) is 0 Å². The van der Waals surface area contributed by atoms with E-state index in [1.54, 1.807) is 0 Å². The van der Waals surface area contributed by atoms with E-state index < -0.39 is 47.9 Å². The lowest BCUT2D eigenvalue weighted by molar-refractivity contribution is -0.141. The summed E-state index contributed by atoms with van der Waals surface area (Å²) in [6, 6.07) is -3.62. The quantitative estimate of drug-likeness (QED) is 0.171. The molecule has 31 heavy (non-hydrogen) atoms. The van der Waals surface area contributed by atoms with E-state index in [-0.39, 0.29) is 5.92 Å². The van der Waals surface area contributed by atoms with Crippen LogP contribution in [0.25, 0.3) is 0 Å². The predicted molar refractivity (Wildman–Crippen MR) is 122 cm³/mol. The lowest BCUT2D eigenvalue weighted by Gasteiger charge is -2.25. The third kappa shape index (κ3) is 11.4. The molecule has 11 heteroatoms. The number of carbonyl (C=O) groups excluding carboxylic acids is 3. The molecule has 10 nitrogen and oxygen atoms in total. The van der Waals surface area contributed by atoms with Gasteiger partial charge in [0, 0.05) is 0 Å². The standard InChI is InChI=1S/C20H39N5O5S/c1-5-12(2)16(22)19(28)25-14(8-6-7-10-21)18(27)24-15(9-11-31-4)17(26)23-13(3)20(29)30/h12-16H,5-11,21-22H2,1-4H3,(H,23,26)(H,24,27)(H,25,28)(H,29,30). The molecule has 180 valence electrons. The number of hydrogen-bond acceptors (Lipinski definition) is 7. The average molecular weight is 462 g/mol. The number of carboxylic acid groups (broad SMARTS) is 1. The van der Waals surface area contributed by atoms with Crippen molar-refractivity contribution >= 4 is 35.5 Å². The number of carboxylic acids is 1. The molecule has 0 aromatic carbocycles. The minimum absolute atomic E-state index is 0.0506. The van der Waals surface area contributed by atoms with Crippen molar-refractivity contribution in [2.24, 2.45) is 17.4 Å². The van der Waals surface area contributed by atoms with E-state index >= 15 is 0 Å². The summed E-state index contributed by atoms with van der Waals surface area (Å²) in [5.74, 6) is -2.15. The van der Waals surface area contributed by atoms with Crippen LogP contribution in [0.1, 0.15) is 52.9 Å². The Morgan fingerprint density at radius 3 is 2.00 bits per heavy atom. The lowest BCUT2D eigenvalue weighted by Crippen LogP contribution is -2.57. The lowest BCUT2D eigenvalue weighted by atomic mass is 9.98. The van der Waals surface area contributed by atoms with E-state index in [4.69, 9.17) is 16.6 Å². The Hall–Kier alpha value is -1.85. The highest BCUT2D eigenvalue weighted by atomic mass is 32.2. The van der Waals surface area contributed by atoms with Crippen LogP contribution in [0, 0.1) is 5.92 Å². The fourth-order valence-corrected chi connectivity index (χ4v) is 3.17. The van der Waals surface area contributed by atoms with Crippen molar-refractivity contribution in [1.82, 2.24) is 16.0 Å². The maximum Gasteiger partial charge on any atom is 0.325 e. The van der Waals surface area contributed by atoms with Crippen LogP contribution in [0.4, 0.5) is 0 Å². The normalized spacial score (nSPS) is 15.8. The number of thioether (sulfide) groups is 1. The molecule has 0 aliphatic heterocycles. The van der Waals surface area contributed by atoms with Crippen molar-refractivity contribution in [3.05, 3.63) is 0 Å². The smallest absolute Gasteiger partial charge is 0.325 e. The number of aliphatic carboxylic acids is 1. The Balaban J connectivity index is 5.33. The zero-order valence-corrected chi connectivity index (χ0v) is 19.8. The molecule has 0 heterocycles. The zero-order chi connectivity index (χ0) is 24.0. The molecule has 5 atom stereocenters. The van der Waals surface area contributed by atoms with Gasteiger partial charge in [0.2, 0.25) is 17.7 Å². The van der Waals surface area contributed by atoms with Crippen molar-refractivity contribution in [3.8, 4) is 0 Å². The molecule has 3 amide bonds. The molecule has 0 radical (unpaired) electrons. The van der Waals surface area contributed by atoms with Crippen LogP contribution in [0.3, 0.4) is 0 Å². The SMILES string of the molecule is CCC(C)C(N)C(=O)NC(CCCCN)C(=O)NC(CCSC)C(=O)NC(C)C(=O)O. The largest absolute Gasteiger partial charge is 0.480 e. The van der Waals surface area contributed by atoms with E-state index in [1.807, 2.05) is 20.1 Å². The first-order valence-electron chi connectivity index (χ1n) is 10.7. The molecule has 0 saturated carbocycles. The van der Waals surface area contributed by atoms with Gasteiger partial charge >= 0.3 is 5.97 Å². The molecular formula is C20H39N5O5S. The molecule has 0 aliphatic carbocycles. The van der Waals surface area contributed by atoms with Crippen LogP contribution in [0.2, 0.25) is 0 Å². The van der Waals surface area contributed by atoms with Gasteiger partial charge in [-0.2, -0.15) is 11.8 Å². The summed E-state index contributed by atoms with van der Waals surface area (Å²) in [6.45, 7) is 5.59. The van der Waals surface area contributed by atoms with Crippen LogP contribution >= 0.6 is 11.8 Å². The van der Waals surface area contributed by atoms with Crippen molar-refractivity contribution in [2.45, 2.75) is 77.0 Å². The zero-order valence-electron chi connectivity index (χ0n) is 19.0. The van der Waals surface area contributed by atoms with Crippen LogP contribution in [-0.2, 0) is 19.2 Å². The molecule has 5 unspecified atom stereocenters. The van der Waals surface area contributed by atoms with Gasteiger partial charge in [-0.05, 0) is 57.1 Å². The summed E-state index contributed by atoms with van der Waals surface area (Å²) in [4.78, 5) is 49.0. The van der Waals surface area contributed by atoms with Gasteiger partial charge in [-0.1, -0.05) is 20.3 Å². The van der Waals surface area contributed by atoms with Crippen LogP contribution < -0.4 is 27.4 Å². The number of unbranched alkanes of at least 4 members (excludes halogenated alkanes) is 1. The second kappa shape index (κ2) is 15.9. The summed E-state index contributed by atoms with van der Waals surface area (Å²) >= 11 is 1.50. The molecule has 0 fully saturated rings. The fraction of sp³-hybridized carbons (Fsp3) is 0.800. The van der Waals surface area contributed by atoms with E-state index in [2.05, 4.69) is 16.0 Å². The Labute approximate surface area is 189 Å². The first-order chi connectivity index (χ1) is 14.6. The molecule has 0 bridgehead atoms. The summed E-state index contributed by atoms with van der Waals surface area (Å²) in [5, 5.41) is 16.8. The highest BCUT2D eigenvalue weighted by Crippen LogP contribution is 2.09. The number of carbonyl (C=O) groups is 4. The van der Waals surface area contributed by atoms with Gasteiger partial charge in [-0.15, -0.1) is 0 Å². The number of nitrogens with two attached hydrogens (primary N) is 2. The number of hydrogen-bond donors (Lipinski definition) is 6. The van der Waals surface area contributed by atoms with Gasteiger partial charge in [0.05, 0.1) is 6.04 Å². The fourth-order valence-electron chi connectivity index (χ4n) is 2.69. The Kier molecular flexibility index (Phi) is 14.9. The number of nitrogens with one attached hydrogen (secondary N) is 3. The van der Waals surface area contributed by atoms with Crippen LogP contribution in [0.5, 0.6) is 0 Å². The minimum Gasteiger partial charge on any atom is -0.480 e. The molecule has 0 aromatic heterocycles. The van der Waals surface area contributed by atoms with E-state index in [9.17, 15) is 19.2 Å². The first-order valence-corrected chi connectivity index (χ1v) is 12.1. The van der Waals surface area contributed by atoms with Gasteiger partial charge in [0.25, 0.3) is 0 Å². The first kappa shape index (κ1) is 29.1. The van der Waals surface area contributed by atoms with E-state index in [0.717, 1.165) is 6.42 Å². The summed E-state index contributed by atoms with van der Waals surface area (Å²) < 4.78 is 0. The molecule has 0 spiro atoms. The predicted octanol–water partition coefficient (Wildman–Crippen LogP) is -0.199. The second-order valence-electron chi connectivity index (χ2n) is 7.67.